The second-order valence-electron chi connectivity index (χ2n) is 4.61. The molecule has 114 valence electrons. The molecule has 1 heterocycles. The van der Waals surface area contributed by atoms with Crippen LogP contribution in [-0.2, 0) is 11.3 Å². The molecule has 1 aromatic heterocycles. The van der Waals surface area contributed by atoms with E-state index in [1.165, 1.54) is 16.7 Å². The average Bonchev–Trinajstić information content (AvgIpc) is 2.55. The highest BCUT2D eigenvalue weighted by atomic mass is 16.5. The molecule has 2 rings (SSSR count). The molecule has 1 aromatic carbocycles. The molecule has 0 saturated carbocycles. The molecule has 0 aliphatic heterocycles. The fourth-order valence-electron chi connectivity index (χ4n) is 2.01. The van der Waals surface area contributed by atoms with E-state index in [4.69, 9.17) is 4.74 Å². The lowest BCUT2D eigenvalue weighted by Crippen LogP contribution is -2.19. The molecule has 0 radical (unpaired) electrons. The van der Waals surface area contributed by atoms with Crippen LogP contribution in [-0.4, -0.2) is 17.6 Å². The van der Waals surface area contributed by atoms with E-state index in [2.05, 4.69) is 5.32 Å². The number of hydrogen-bond acceptors (Lipinski definition) is 3. The Bertz CT molecular complexity index is 748. The van der Waals surface area contributed by atoms with Gasteiger partial charge in [0, 0.05) is 30.4 Å². The maximum atomic E-state index is 11.9. The Morgan fingerprint density at radius 2 is 2.05 bits per heavy atom. The van der Waals surface area contributed by atoms with Crippen molar-refractivity contribution in [3.63, 3.8) is 0 Å². The number of nitrogens with zero attached hydrogens (tertiary/aromatic N) is 1. The first-order valence-corrected chi connectivity index (χ1v) is 6.96. The second-order valence-corrected chi connectivity index (χ2v) is 4.61. The molecule has 0 spiro atoms. The summed E-state index contributed by atoms with van der Waals surface area (Å²) >= 11 is 0. The minimum atomic E-state index is -0.271. The van der Waals surface area contributed by atoms with Crippen LogP contribution in [0.3, 0.4) is 0 Å². The summed E-state index contributed by atoms with van der Waals surface area (Å²) in [5, 5.41) is 2.73. The van der Waals surface area contributed by atoms with Crippen molar-refractivity contribution in [3.05, 3.63) is 64.6 Å². The van der Waals surface area contributed by atoms with Crippen molar-refractivity contribution in [3.8, 4) is 5.75 Å². The standard InChI is InChI=1S/C17H18N2O3/c1-3-19-12-14(9-11-17(19)21)18-16(20)10-8-13-6-4-5-7-15(13)22-2/h4-12H,3H2,1-2H3,(H,18,20). The van der Waals surface area contributed by atoms with Gasteiger partial charge in [-0.25, -0.2) is 0 Å². The molecule has 0 aliphatic rings. The summed E-state index contributed by atoms with van der Waals surface area (Å²) in [4.78, 5) is 23.4. The Kier molecular flexibility index (Phi) is 5.14. The fourth-order valence-corrected chi connectivity index (χ4v) is 2.01. The number of amides is 1. The van der Waals surface area contributed by atoms with Gasteiger partial charge in [-0.3, -0.25) is 9.59 Å². The van der Waals surface area contributed by atoms with E-state index >= 15 is 0 Å². The molecule has 0 fully saturated rings. The molecule has 5 nitrogen and oxygen atoms in total. The lowest BCUT2D eigenvalue weighted by Gasteiger charge is -2.06. The van der Waals surface area contributed by atoms with Crippen molar-refractivity contribution in [1.82, 2.24) is 4.57 Å². The van der Waals surface area contributed by atoms with Crippen LogP contribution in [0.5, 0.6) is 5.75 Å². The van der Waals surface area contributed by atoms with E-state index < -0.39 is 0 Å². The summed E-state index contributed by atoms with van der Waals surface area (Å²) in [5.41, 5.74) is 1.31. The Balaban J connectivity index is 2.10. The van der Waals surface area contributed by atoms with E-state index in [0.717, 1.165) is 5.56 Å². The van der Waals surface area contributed by atoms with Crippen LogP contribution in [0.1, 0.15) is 12.5 Å². The highest BCUT2D eigenvalue weighted by Crippen LogP contribution is 2.18. The average molecular weight is 298 g/mol. The molecule has 0 aliphatic carbocycles. The summed E-state index contributed by atoms with van der Waals surface area (Å²) < 4.78 is 6.75. The number of rotatable bonds is 5. The lowest BCUT2D eigenvalue weighted by atomic mass is 10.2. The van der Waals surface area contributed by atoms with Crippen molar-refractivity contribution < 1.29 is 9.53 Å². The number of benzene rings is 1. The fraction of sp³-hybridized carbons (Fsp3) is 0.176. The van der Waals surface area contributed by atoms with Gasteiger partial charge in [-0.05, 0) is 25.1 Å². The van der Waals surface area contributed by atoms with E-state index in [1.54, 1.807) is 25.4 Å². The number of pyridine rings is 1. The predicted molar refractivity (Wildman–Crippen MR) is 87.0 cm³/mol. The van der Waals surface area contributed by atoms with Gasteiger partial charge in [-0.15, -0.1) is 0 Å². The SMILES string of the molecule is CCn1cc(NC(=O)C=Cc2ccccc2OC)ccc1=O. The van der Waals surface area contributed by atoms with Crippen LogP contribution < -0.4 is 15.6 Å². The van der Waals surface area contributed by atoms with E-state index in [0.29, 0.717) is 18.0 Å². The van der Waals surface area contributed by atoms with Crippen LogP contribution >= 0.6 is 0 Å². The van der Waals surface area contributed by atoms with Gasteiger partial charge in [0.25, 0.3) is 5.56 Å². The smallest absolute Gasteiger partial charge is 0.250 e. The third-order valence-electron chi connectivity index (χ3n) is 3.14. The normalized spacial score (nSPS) is 10.6. The molecular formula is C17H18N2O3. The number of carbonyl (C=O) groups is 1. The van der Waals surface area contributed by atoms with Crippen molar-refractivity contribution in [2.24, 2.45) is 0 Å². The maximum Gasteiger partial charge on any atom is 0.250 e. The van der Waals surface area contributed by atoms with Gasteiger partial charge in [-0.1, -0.05) is 18.2 Å². The van der Waals surface area contributed by atoms with Gasteiger partial charge in [0.15, 0.2) is 0 Å². The Morgan fingerprint density at radius 1 is 1.27 bits per heavy atom. The van der Waals surface area contributed by atoms with Gasteiger partial charge in [-0.2, -0.15) is 0 Å². The zero-order valence-electron chi connectivity index (χ0n) is 12.6. The van der Waals surface area contributed by atoms with E-state index in [1.807, 2.05) is 31.2 Å². The highest BCUT2D eigenvalue weighted by Gasteiger charge is 2.02. The number of para-hydroxylation sites is 1. The number of methoxy groups -OCH3 is 1. The van der Waals surface area contributed by atoms with Crippen LogP contribution in [0.2, 0.25) is 0 Å². The topological polar surface area (TPSA) is 60.3 Å². The Hall–Kier alpha value is -2.82. The first kappa shape index (κ1) is 15.6. The molecule has 0 bridgehead atoms. The molecule has 22 heavy (non-hydrogen) atoms. The van der Waals surface area contributed by atoms with Crippen LogP contribution in [0.25, 0.3) is 6.08 Å². The van der Waals surface area contributed by atoms with Gasteiger partial charge in [0.1, 0.15) is 5.75 Å². The summed E-state index contributed by atoms with van der Waals surface area (Å²) in [7, 11) is 1.58. The van der Waals surface area contributed by atoms with Crippen LogP contribution in [0.4, 0.5) is 5.69 Å². The highest BCUT2D eigenvalue weighted by molar-refractivity contribution is 6.02. The van der Waals surface area contributed by atoms with Crippen LogP contribution in [0.15, 0.2) is 53.5 Å². The molecule has 1 amide bonds. The first-order chi connectivity index (χ1) is 10.6. The van der Waals surface area contributed by atoms with Crippen molar-refractivity contribution in [2.45, 2.75) is 13.5 Å². The first-order valence-electron chi connectivity index (χ1n) is 6.96. The van der Waals surface area contributed by atoms with Gasteiger partial charge < -0.3 is 14.6 Å². The summed E-state index contributed by atoms with van der Waals surface area (Å²) in [6.07, 6.45) is 4.74. The third kappa shape index (κ3) is 3.85. The van der Waals surface area contributed by atoms with Gasteiger partial charge in [0.2, 0.25) is 5.91 Å². The lowest BCUT2D eigenvalue weighted by molar-refractivity contribution is -0.111. The largest absolute Gasteiger partial charge is 0.496 e. The molecule has 0 unspecified atom stereocenters. The van der Waals surface area contributed by atoms with Crippen molar-refractivity contribution in [1.29, 1.82) is 0 Å². The summed E-state index contributed by atoms with van der Waals surface area (Å²) in [6, 6.07) is 10.4. The number of nitrogens with one attached hydrogen (secondary N) is 1. The monoisotopic (exact) mass is 298 g/mol. The number of aryl methyl sites for hydroxylation is 1. The number of hydrogen-bond donors (Lipinski definition) is 1. The molecule has 0 saturated heterocycles. The molecule has 1 N–H and O–H groups in total. The second kappa shape index (κ2) is 7.26. The minimum Gasteiger partial charge on any atom is -0.496 e. The zero-order valence-corrected chi connectivity index (χ0v) is 12.6. The van der Waals surface area contributed by atoms with Gasteiger partial charge in [0.05, 0.1) is 12.8 Å². The Labute approximate surface area is 128 Å². The Morgan fingerprint density at radius 3 is 2.77 bits per heavy atom. The zero-order chi connectivity index (χ0) is 15.9. The molecule has 0 atom stereocenters. The van der Waals surface area contributed by atoms with E-state index in [-0.39, 0.29) is 11.5 Å². The summed E-state index contributed by atoms with van der Waals surface area (Å²) in [6.45, 7) is 2.42. The maximum absolute atomic E-state index is 11.9. The molecular weight excluding hydrogens is 280 g/mol. The number of aromatic nitrogens is 1. The predicted octanol–water partition coefficient (Wildman–Crippen LogP) is 2.53. The van der Waals surface area contributed by atoms with Crippen LogP contribution in [0, 0.1) is 0 Å². The van der Waals surface area contributed by atoms with E-state index in [9.17, 15) is 9.59 Å². The van der Waals surface area contributed by atoms with Crippen molar-refractivity contribution in [2.75, 3.05) is 12.4 Å². The minimum absolute atomic E-state index is 0.0925. The third-order valence-corrected chi connectivity index (χ3v) is 3.14. The van der Waals surface area contributed by atoms with Gasteiger partial charge >= 0.3 is 0 Å². The van der Waals surface area contributed by atoms with Crippen molar-refractivity contribution >= 4 is 17.7 Å². The number of carbonyl (C=O) groups excluding carboxylic acids is 1. The number of anilines is 1. The molecule has 2 aromatic rings. The number of ether oxygens (including phenoxy) is 1. The quantitative estimate of drug-likeness (QED) is 0.863. The molecule has 5 heteroatoms. The summed E-state index contributed by atoms with van der Waals surface area (Å²) in [5.74, 6) is 0.429.